The Morgan fingerprint density at radius 3 is 2.50 bits per heavy atom. The van der Waals surface area contributed by atoms with Gasteiger partial charge in [0.05, 0.1) is 6.20 Å². The van der Waals surface area contributed by atoms with E-state index >= 15 is 0 Å². The SMILES string of the molecule is Cc1cnnc(NCc2ccc(C(C)C)cc2)c1. The van der Waals surface area contributed by atoms with Gasteiger partial charge in [0.15, 0.2) is 0 Å². The minimum atomic E-state index is 0.578. The maximum absolute atomic E-state index is 4.04. The molecule has 0 aliphatic rings. The van der Waals surface area contributed by atoms with E-state index in [1.54, 1.807) is 6.20 Å². The topological polar surface area (TPSA) is 37.8 Å². The molecule has 0 saturated heterocycles. The summed E-state index contributed by atoms with van der Waals surface area (Å²) in [7, 11) is 0. The summed E-state index contributed by atoms with van der Waals surface area (Å²) in [6.07, 6.45) is 1.75. The van der Waals surface area contributed by atoms with Crippen LogP contribution in [0.25, 0.3) is 0 Å². The van der Waals surface area contributed by atoms with Crippen molar-refractivity contribution < 1.29 is 0 Å². The molecule has 3 heteroatoms. The summed E-state index contributed by atoms with van der Waals surface area (Å²) in [5.74, 6) is 1.40. The Hall–Kier alpha value is -1.90. The number of nitrogens with one attached hydrogen (secondary N) is 1. The first-order valence-electron chi connectivity index (χ1n) is 6.27. The summed E-state index contributed by atoms with van der Waals surface area (Å²) >= 11 is 0. The molecule has 1 aromatic carbocycles. The lowest BCUT2D eigenvalue weighted by atomic mass is 10.0. The van der Waals surface area contributed by atoms with E-state index in [2.05, 4.69) is 53.6 Å². The third-order valence-corrected chi connectivity index (χ3v) is 2.91. The van der Waals surface area contributed by atoms with Crippen LogP contribution >= 0.6 is 0 Å². The monoisotopic (exact) mass is 241 g/mol. The summed E-state index contributed by atoms with van der Waals surface area (Å²) < 4.78 is 0. The molecule has 0 fully saturated rings. The fraction of sp³-hybridized carbons (Fsp3) is 0.333. The summed E-state index contributed by atoms with van der Waals surface area (Å²) in [5.41, 5.74) is 3.74. The second-order valence-electron chi connectivity index (χ2n) is 4.87. The molecule has 0 atom stereocenters. The molecule has 1 aromatic heterocycles. The van der Waals surface area contributed by atoms with Gasteiger partial charge in [-0.15, -0.1) is 5.10 Å². The van der Waals surface area contributed by atoms with Crippen LogP contribution < -0.4 is 5.32 Å². The van der Waals surface area contributed by atoms with E-state index in [0.717, 1.165) is 17.9 Å². The first kappa shape index (κ1) is 12.6. The zero-order chi connectivity index (χ0) is 13.0. The Morgan fingerprint density at radius 1 is 1.17 bits per heavy atom. The Balaban J connectivity index is 1.98. The Kier molecular flexibility index (Phi) is 3.92. The highest BCUT2D eigenvalue weighted by molar-refractivity contribution is 5.36. The van der Waals surface area contributed by atoms with Gasteiger partial charge in [0.1, 0.15) is 5.82 Å². The van der Waals surface area contributed by atoms with E-state index in [1.165, 1.54) is 11.1 Å². The Bertz CT molecular complexity index is 503. The van der Waals surface area contributed by atoms with Gasteiger partial charge in [-0.2, -0.15) is 5.10 Å². The number of nitrogens with zero attached hydrogens (tertiary/aromatic N) is 2. The van der Waals surface area contributed by atoms with Crippen LogP contribution in [0.3, 0.4) is 0 Å². The van der Waals surface area contributed by atoms with Gasteiger partial charge in [0, 0.05) is 6.54 Å². The summed E-state index contributed by atoms with van der Waals surface area (Å²) in [4.78, 5) is 0. The van der Waals surface area contributed by atoms with Crippen molar-refractivity contribution in [1.82, 2.24) is 10.2 Å². The van der Waals surface area contributed by atoms with Crippen molar-refractivity contribution in [2.24, 2.45) is 0 Å². The zero-order valence-electron chi connectivity index (χ0n) is 11.1. The molecule has 0 aliphatic heterocycles. The second kappa shape index (κ2) is 5.63. The number of hydrogen-bond acceptors (Lipinski definition) is 3. The van der Waals surface area contributed by atoms with E-state index in [0.29, 0.717) is 5.92 Å². The van der Waals surface area contributed by atoms with Gasteiger partial charge in [-0.05, 0) is 35.6 Å². The summed E-state index contributed by atoms with van der Waals surface area (Å²) in [6.45, 7) is 7.19. The number of anilines is 1. The lowest BCUT2D eigenvalue weighted by Gasteiger charge is -2.08. The van der Waals surface area contributed by atoms with Crippen molar-refractivity contribution in [3.63, 3.8) is 0 Å². The molecule has 1 N–H and O–H groups in total. The van der Waals surface area contributed by atoms with Gasteiger partial charge < -0.3 is 5.32 Å². The third kappa shape index (κ3) is 3.29. The van der Waals surface area contributed by atoms with Gasteiger partial charge in [-0.1, -0.05) is 38.1 Å². The maximum Gasteiger partial charge on any atom is 0.149 e. The molecule has 1 heterocycles. The Morgan fingerprint density at radius 2 is 1.89 bits per heavy atom. The van der Waals surface area contributed by atoms with Gasteiger partial charge in [0.25, 0.3) is 0 Å². The lowest BCUT2D eigenvalue weighted by molar-refractivity contribution is 0.865. The molecule has 0 amide bonds. The standard InChI is InChI=1S/C15H19N3/c1-11(2)14-6-4-13(5-7-14)10-16-15-8-12(3)9-17-18-15/h4-9,11H,10H2,1-3H3,(H,16,18). The number of aryl methyl sites for hydroxylation is 1. The molecule has 0 bridgehead atoms. The van der Waals surface area contributed by atoms with Gasteiger partial charge in [0.2, 0.25) is 0 Å². The van der Waals surface area contributed by atoms with Crippen LogP contribution in [0.1, 0.15) is 36.5 Å². The van der Waals surface area contributed by atoms with Crippen LogP contribution in [0.4, 0.5) is 5.82 Å². The molecule has 0 unspecified atom stereocenters. The lowest BCUT2D eigenvalue weighted by Crippen LogP contribution is -2.02. The highest BCUT2D eigenvalue weighted by Crippen LogP contribution is 2.15. The summed E-state index contributed by atoms with van der Waals surface area (Å²) in [6, 6.07) is 10.7. The van der Waals surface area contributed by atoms with E-state index < -0.39 is 0 Å². The number of rotatable bonds is 4. The van der Waals surface area contributed by atoms with Crippen molar-refractivity contribution >= 4 is 5.82 Å². The van der Waals surface area contributed by atoms with Crippen molar-refractivity contribution in [3.8, 4) is 0 Å². The molecule has 2 aromatic rings. The van der Waals surface area contributed by atoms with Gasteiger partial charge >= 0.3 is 0 Å². The quantitative estimate of drug-likeness (QED) is 0.890. The zero-order valence-corrected chi connectivity index (χ0v) is 11.1. The largest absolute Gasteiger partial charge is 0.364 e. The predicted octanol–water partition coefficient (Wildman–Crippen LogP) is 3.52. The molecule has 0 spiro atoms. The molecular formula is C15H19N3. The van der Waals surface area contributed by atoms with Crippen molar-refractivity contribution in [2.75, 3.05) is 5.32 Å². The van der Waals surface area contributed by atoms with Crippen LogP contribution in [-0.2, 0) is 6.54 Å². The minimum Gasteiger partial charge on any atom is -0.364 e. The van der Waals surface area contributed by atoms with Crippen molar-refractivity contribution in [3.05, 3.63) is 53.2 Å². The van der Waals surface area contributed by atoms with Crippen LogP contribution in [-0.4, -0.2) is 10.2 Å². The molecule has 3 nitrogen and oxygen atoms in total. The predicted molar refractivity (Wildman–Crippen MR) is 74.6 cm³/mol. The molecule has 2 rings (SSSR count). The molecule has 0 saturated carbocycles. The normalized spacial score (nSPS) is 10.7. The first-order chi connectivity index (χ1) is 8.65. The van der Waals surface area contributed by atoms with Crippen LogP contribution in [0.2, 0.25) is 0 Å². The van der Waals surface area contributed by atoms with Crippen LogP contribution in [0.5, 0.6) is 0 Å². The van der Waals surface area contributed by atoms with E-state index in [-0.39, 0.29) is 0 Å². The second-order valence-corrected chi connectivity index (χ2v) is 4.87. The average Bonchev–Trinajstić information content (AvgIpc) is 2.37. The first-order valence-corrected chi connectivity index (χ1v) is 6.27. The molecular weight excluding hydrogens is 222 g/mol. The average molecular weight is 241 g/mol. The highest BCUT2D eigenvalue weighted by atomic mass is 15.2. The number of hydrogen-bond donors (Lipinski definition) is 1. The van der Waals surface area contributed by atoms with Crippen molar-refractivity contribution in [1.29, 1.82) is 0 Å². The Labute approximate surface area is 108 Å². The molecule has 0 radical (unpaired) electrons. The molecule has 18 heavy (non-hydrogen) atoms. The third-order valence-electron chi connectivity index (χ3n) is 2.91. The molecule has 94 valence electrons. The van der Waals surface area contributed by atoms with Crippen LogP contribution in [0, 0.1) is 6.92 Å². The van der Waals surface area contributed by atoms with Gasteiger partial charge in [-0.25, -0.2) is 0 Å². The minimum absolute atomic E-state index is 0.578. The van der Waals surface area contributed by atoms with Crippen molar-refractivity contribution in [2.45, 2.75) is 33.2 Å². The fourth-order valence-electron chi connectivity index (χ4n) is 1.76. The van der Waals surface area contributed by atoms with Gasteiger partial charge in [-0.3, -0.25) is 0 Å². The smallest absolute Gasteiger partial charge is 0.149 e. The number of benzene rings is 1. The number of aromatic nitrogens is 2. The molecule has 0 aliphatic carbocycles. The summed E-state index contributed by atoms with van der Waals surface area (Å²) in [5, 5.41) is 11.2. The fourth-order valence-corrected chi connectivity index (χ4v) is 1.76. The van der Waals surface area contributed by atoms with Crippen LogP contribution in [0.15, 0.2) is 36.5 Å². The van der Waals surface area contributed by atoms with E-state index in [9.17, 15) is 0 Å². The van der Waals surface area contributed by atoms with E-state index in [4.69, 9.17) is 0 Å². The maximum atomic E-state index is 4.04. The van der Waals surface area contributed by atoms with E-state index in [1.807, 2.05) is 13.0 Å². The highest BCUT2D eigenvalue weighted by Gasteiger charge is 2.00.